The summed E-state index contributed by atoms with van der Waals surface area (Å²) in [5.41, 5.74) is -1.32. The molecule has 7 nitrogen and oxygen atoms in total. The summed E-state index contributed by atoms with van der Waals surface area (Å²) >= 11 is 0. The number of sulfone groups is 1. The van der Waals surface area contributed by atoms with Gasteiger partial charge in [-0.3, -0.25) is 4.79 Å². The Morgan fingerprint density at radius 2 is 1.83 bits per heavy atom. The molecule has 0 saturated heterocycles. The van der Waals surface area contributed by atoms with E-state index in [4.69, 9.17) is 4.74 Å². The average Bonchev–Trinajstić information content (AvgIpc) is 2.71. The minimum atomic E-state index is -4.87. The first-order valence-electron chi connectivity index (χ1n) is 9.17. The van der Waals surface area contributed by atoms with Gasteiger partial charge in [0.25, 0.3) is 0 Å². The minimum Gasteiger partial charge on any atom is -0.497 e. The van der Waals surface area contributed by atoms with Gasteiger partial charge in [0.15, 0.2) is 0 Å². The number of nitrogens with one attached hydrogen (secondary N) is 1. The van der Waals surface area contributed by atoms with Gasteiger partial charge in [-0.2, -0.15) is 13.2 Å². The number of halogens is 3. The fourth-order valence-corrected chi connectivity index (χ4v) is 3.54. The zero-order valence-electron chi connectivity index (χ0n) is 16.5. The first-order chi connectivity index (χ1) is 14.1. The van der Waals surface area contributed by atoms with E-state index in [1.165, 1.54) is 31.4 Å². The van der Waals surface area contributed by atoms with Crippen LogP contribution in [0.15, 0.2) is 35.5 Å². The molecular formula is C19H22F3N3O4S. The molecule has 2 aromatic rings. The van der Waals surface area contributed by atoms with Crippen molar-refractivity contribution in [2.24, 2.45) is 0 Å². The van der Waals surface area contributed by atoms with E-state index < -0.39 is 44.9 Å². The van der Waals surface area contributed by atoms with E-state index in [0.29, 0.717) is 18.4 Å². The predicted octanol–water partition coefficient (Wildman–Crippen LogP) is 3.25. The summed E-state index contributed by atoms with van der Waals surface area (Å²) < 4.78 is 69.9. The van der Waals surface area contributed by atoms with Crippen LogP contribution in [-0.2, 0) is 20.8 Å². The van der Waals surface area contributed by atoms with Crippen LogP contribution in [0.3, 0.4) is 0 Å². The van der Waals surface area contributed by atoms with Crippen molar-refractivity contribution in [2.75, 3.05) is 19.4 Å². The molecule has 2 rings (SSSR count). The maximum Gasteiger partial charge on any atom is 0.433 e. The van der Waals surface area contributed by atoms with Crippen molar-refractivity contribution in [3.05, 3.63) is 36.0 Å². The van der Waals surface area contributed by atoms with E-state index in [1.807, 2.05) is 6.92 Å². The Bertz CT molecular complexity index is 978. The maximum absolute atomic E-state index is 13.3. The molecule has 0 bridgehead atoms. The lowest BCUT2D eigenvalue weighted by atomic mass is 10.1. The maximum atomic E-state index is 13.3. The third-order valence-corrected chi connectivity index (χ3v) is 5.59. The number of hydrogen-bond acceptors (Lipinski definition) is 6. The zero-order chi connectivity index (χ0) is 22.4. The molecule has 1 N–H and O–H groups in total. The third kappa shape index (κ3) is 6.41. The van der Waals surface area contributed by atoms with E-state index in [-0.39, 0.29) is 11.3 Å². The van der Waals surface area contributed by atoms with Crippen molar-refractivity contribution >= 4 is 15.7 Å². The second-order valence-corrected chi connectivity index (χ2v) is 8.42. The van der Waals surface area contributed by atoms with Crippen LogP contribution in [0.25, 0.3) is 11.3 Å². The van der Waals surface area contributed by atoms with Crippen LogP contribution in [0, 0.1) is 0 Å². The molecule has 0 fully saturated rings. The van der Waals surface area contributed by atoms with E-state index in [2.05, 4.69) is 15.3 Å². The molecule has 30 heavy (non-hydrogen) atoms. The number of methoxy groups -OCH3 is 1. The molecule has 0 aliphatic heterocycles. The van der Waals surface area contributed by atoms with Crippen molar-refractivity contribution in [1.29, 1.82) is 0 Å². The van der Waals surface area contributed by atoms with Crippen molar-refractivity contribution in [2.45, 2.75) is 37.5 Å². The molecule has 1 aromatic carbocycles. The van der Waals surface area contributed by atoms with Crippen LogP contribution in [0.5, 0.6) is 5.75 Å². The van der Waals surface area contributed by atoms with Gasteiger partial charge in [0.05, 0.1) is 18.6 Å². The van der Waals surface area contributed by atoms with Crippen LogP contribution in [0.4, 0.5) is 13.2 Å². The second kappa shape index (κ2) is 9.88. The summed E-state index contributed by atoms with van der Waals surface area (Å²) in [7, 11) is -2.88. The lowest BCUT2D eigenvalue weighted by molar-refractivity contribution is -0.141. The largest absolute Gasteiger partial charge is 0.497 e. The predicted molar refractivity (Wildman–Crippen MR) is 104 cm³/mol. The highest BCUT2D eigenvalue weighted by Crippen LogP contribution is 2.31. The summed E-state index contributed by atoms with van der Waals surface area (Å²) in [4.78, 5) is 18.8. The number of benzene rings is 1. The number of hydrogen-bond donors (Lipinski definition) is 1. The summed E-state index contributed by atoms with van der Waals surface area (Å²) in [6.45, 7) is 2.33. The van der Waals surface area contributed by atoms with E-state index >= 15 is 0 Å². The summed E-state index contributed by atoms with van der Waals surface area (Å²) in [5.74, 6) is -0.728. The molecule has 1 amide bonds. The van der Waals surface area contributed by atoms with Crippen molar-refractivity contribution in [1.82, 2.24) is 15.3 Å². The Hall–Kier alpha value is -2.69. The molecule has 0 aliphatic rings. The standard InChI is InChI=1S/C19H22F3N3O4S/c1-3-4-10-23-17(26)9-11-30(27,28)18-24-15(12-16(25-18)19(20,21)22)13-5-7-14(29-2)8-6-13/h5-8,12H,3-4,9-11H2,1-2H3,(H,23,26). The first kappa shape index (κ1) is 23.6. The van der Waals surface area contributed by atoms with Gasteiger partial charge in [-0.05, 0) is 36.8 Å². The van der Waals surface area contributed by atoms with Gasteiger partial charge in [-0.25, -0.2) is 18.4 Å². The number of aromatic nitrogens is 2. The van der Waals surface area contributed by atoms with Gasteiger partial charge in [-0.1, -0.05) is 13.3 Å². The summed E-state index contributed by atoms with van der Waals surface area (Å²) in [6.07, 6.45) is -3.68. The molecule has 1 aromatic heterocycles. The number of carbonyl (C=O) groups is 1. The minimum absolute atomic E-state index is 0.203. The van der Waals surface area contributed by atoms with Crippen LogP contribution in [-0.4, -0.2) is 43.7 Å². The van der Waals surface area contributed by atoms with Crippen molar-refractivity contribution < 1.29 is 31.1 Å². The summed E-state index contributed by atoms with van der Waals surface area (Å²) in [6, 6.07) is 6.62. The molecule has 0 unspecified atom stereocenters. The fourth-order valence-electron chi connectivity index (χ4n) is 2.43. The van der Waals surface area contributed by atoms with Crippen LogP contribution < -0.4 is 10.1 Å². The highest BCUT2D eigenvalue weighted by molar-refractivity contribution is 7.91. The first-order valence-corrected chi connectivity index (χ1v) is 10.8. The third-order valence-electron chi connectivity index (χ3n) is 4.11. The van der Waals surface area contributed by atoms with Crippen molar-refractivity contribution in [3.63, 3.8) is 0 Å². The Morgan fingerprint density at radius 1 is 1.17 bits per heavy atom. The number of nitrogens with zero attached hydrogens (tertiary/aromatic N) is 2. The average molecular weight is 445 g/mol. The highest BCUT2D eigenvalue weighted by atomic mass is 32.2. The molecule has 0 aliphatic carbocycles. The molecule has 1 heterocycles. The molecular weight excluding hydrogens is 423 g/mol. The summed E-state index contributed by atoms with van der Waals surface area (Å²) in [5, 5.41) is 1.59. The number of amides is 1. The second-order valence-electron chi connectivity index (χ2n) is 6.42. The molecule has 0 radical (unpaired) electrons. The van der Waals surface area contributed by atoms with Gasteiger partial charge in [0.2, 0.25) is 20.9 Å². The number of rotatable bonds is 9. The highest BCUT2D eigenvalue weighted by Gasteiger charge is 2.35. The number of carbonyl (C=O) groups excluding carboxylic acids is 1. The lowest BCUT2D eigenvalue weighted by Gasteiger charge is -2.11. The molecule has 0 spiro atoms. The van der Waals surface area contributed by atoms with Crippen LogP contribution in [0.2, 0.25) is 0 Å². The Labute approximate surface area is 172 Å². The van der Waals surface area contributed by atoms with Gasteiger partial charge in [-0.15, -0.1) is 0 Å². The Kier molecular flexibility index (Phi) is 7.77. The van der Waals surface area contributed by atoms with Crippen LogP contribution >= 0.6 is 0 Å². The van der Waals surface area contributed by atoms with E-state index in [1.54, 1.807) is 0 Å². The van der Waals surface area contributed by atoms with Gasteiger partial charge < -0.3 is 10.1 Å². The smallest absolute Gasteiger partial charge is 0.433 e. The molecule has 164 valence electrons. The Balaban J connectivity index is 2.34. The van der Waals surface area contributed by atoms with Gasteiger partial charge in [0.1, 0.15) is 11.4 Å². The number of ether oxygens (including phenoxy) is 1. The quantitative estimate of drug-likeness (QED) is 0.470. The Morgan fingerprint density at radius 3 is 2.40 bits per heavy atom. The molecule has 11 heteroatoms. The van der Waals surface area contributed by atoms with Crippen molar-refractivity contribution in [3.8, 4) is 17.0 Å². The van der Waals surface area contributed by atoms with Gasteiger partial charge in [0, 0.05) is 18.5 Å². The van der Waals surface area contributed by atoms with E-state index in [9.17, 15) is 26.4 Å². The van der Waals surface area contributed by atoms with Gasteiger partial charge >= 0.3 is 6.18 Å². The number of alkyl halides is 3. The van der Waals surface area contributed by atoms with Crippen LogP contribution in [0.1, 0.15) is 31.9 Å². The SMILES string of the molecule is CCCCNC(=O)CCS(=O)(=O)c1nc(-c2ccc(OC)cc2)cc(C(F)(F)F)n1. The fraction of sp³-hybridized carbons (Fsp3) is 0.421. The topological polar surface area (TPSA) is 98.2 Å². The normalized spacial score (nSPS) is 11.9. The zero-order valence-corrected chi connectivity index (χ0v) is 17.3. The molecule has 0 atom stereocenters. The molecule has 0 saturated carbocycles. The number of unbranched alkanes of at least 4 members (excludes halogenated alkanes) is 1. The monoisotopic (exact) mass is 445 g/mol. The van der Waals surface area contributed by atoms with E-state index in [0.717, 1.165) is 12.8 Å². The lowest BCUT2D eigenvalue weighted by Crippen LogP contribution is -2.27.